The Kier molecular flexibility index (Phi) is 3.84. The zero-order valence-electron chi connectivity index (χ0n) is 11.5. The molecule has 1 aromatic carbocycles. The molecule has 1 aromatic heterocycles. The second kappa shape index (κ2) is 5.47. The van der Waals surface area contributed by atoms with Gasteiger partial charge in [0, 0.05) is 10.7 Å². The lowest BCUT2D eigenvalue weighted by Crippen LogP contribution is -2.29. The van der Waals surface area contributed by atoms with Crippen LogP contribution in [0.1, 0.15) is 24.9 Å². The summed E-state index contributed by atoms with van der Waals surface area (Å²) in [4.78, 5) is 0. The van der Waals surface area contributed by atoms with Gasteiger partial charge in [-0.3, -0.25) is 0 Å². The van der Waals surface area contributed by atoms with Gasteiger partial charge in [-0.2, -0.15) is 0 Å². The summed E-state index contributed by atoms with van der Waals surface area (Å²) in [6.07, 6.45) is 0.766. The maximum absolute atomic E-state index is 11.8. The number of nitrogens with one attached hydrogen (secondary N) is 1. The molecule has 3 rings (SSSR count). The summed E-state index contributed by atoms with van der Waals surface area (Å²) in [5, 5.41) is 6.85. The summed E-state index contributed by atoms with van der Waals surface area (Å²) in [5.74, 6) is 0.833. The fourth-order valence-electron chi connectivity index (χ4n) is 3.10. The van der Waals surface area contributed by atoms with E-state index in [4.69, 9.17) is 0 Å². The first-order chi connectivity index (χ1) is 9.61. The molecule has 3 nitrogen and oxygen atoms in total. The Labute approximate surface area is 123 Å². The topological polar surface area (TPSA) is 46.2 Å². The Morgan fingerprint density at radius 3 is 2.95 bits per heavy atom. The van der Waals surface area contributed by atoms with Gasteiger partial charge in [0.1, 0.15) is 0 Å². The van der Waals surface area contributed by atoms with Crippen molar-refractivity contribution in [3.63, 3.8) is 0 Å². The predicted octanol–water partition coefficient (Wildman–Crippen LogP) is 2.99. The van der Waals surface area contributed by atoms with Crippen LogP contribution in [0.4, 0.5) is 0 Å². The second-order valence-corrected chi connectivity index (χ2v) is 8.53. The molecule has 1 N–H and O–H groups in total. The van der Waals surface area contributed by atoms with Gasteiger partial charge in [0.2, 0.25) is 0 Å². The van der Waals surface area contributed by atoms with Crippen molar-refractivity contribution in [1.29, 1.82) is 0 Å². The van der Waals surface area contributed by atoms with E-state index in [9.17, 15) is 8.42 Å². The second-order valence-electron chi connectivity index (χ2n) is 5.38. The van der Waals surface area contributed by atoms with Gasteiger partial charge in [-0.15, -0.1) is 11.3 Å². The maximum Gasteiger partial charge on any atom is 0.150 e. The molecule has 108 valence electrons. The summed E-state index contributed by atoms with van der Waals surface area (Å²) < 4.78 is 24.8. The molecule has 0 aliphatic carbocycles. The van der Waals surface area contributed by atoms with E-state index in [1.54, 1.807) is 11.3 Å². The van der Waals surface area contributed by atoms with Gasteiger partial charge in [-0.05, 0) is 41.3 Å². The van der Waals surface area contributed by atoms with Crippen LogP contribution in [-0.4, -0.2) is 26.5 Å². The highest BCUT2D eigenvalue weighted by Gasteiger charge is 2.34. The standard InChI is InChI=1S/C15H19NO2S2/c1-2-16-14(12-7-9-20(17,18)10-12)13-5-3-4-11-6-8-19-15(11)13/h3-6,8,12,14,16H,2,7,9-10H2,1H3. The highest BCUT2D eigenvalue weighted by atomic mass is 32.2. The fraction of sp³-hybridized carbons (Fsp3) is 0.467. The van der Waals surface area contributed by atoms with Crippen molar-refractivity contribution >= 4 is 31.3 Å². The van der Waals surface area contributed by atoms with E-state index in [-0.39, 0.29) is 12.0 Å². The minimum absolute atomic E-state index is 0.139. The van der Waals surface area contributed by atoms with Crippen LogP contribution in [0.15, 0.2) is 29.6 Å². The third-order valence-corrected chi connectivity index (χ3v) is 6.78. The third kappa shape index (κ3) is 2.62. The van der Waals surface area contributed by atoms with E-state index in [2.05, 4.69) is 41.9 Å². The van der Waals surface area contributed by atoms with Crippen LogP contribution in [0, 0.1) is 5.92 Å². The van der Waals surface area contributed by atoms with Crippen LogP contribution in [0.5, 0.6) is 0 Å². The van der Waals surface area contributed by atoms with Crippen LogP contribution < -0.4 is 5.32 Å². The van der Waals surface area contributed by atoms with Crippen LogP contribution in [0.3, 0.4) is 0 Å². The number of thiophene rings is 1. The summed E-state index contributed by atoms with van der Waals surface area (Å²) in [6.45, 7) is 2.92. The highest BCUT2D eigenvalue weighted by molar-refractivity contribution is 7.91. The zero-order chi connectivity index (χ0) is 14.2. The van der Waals surface area contributed by atoms with Crippen LogP contribution >= 0.6 is 11.3 Å². The van der Waals surface area contributed by atoms with Gasteiger partial charge in [0.05, 0.1) is 11.5 Å². The van der Waals surface area contributed by atoms with Crippen molar-refractivity contribution in [1.82, 2.24) is 5.32 Å². The summed E-state index contributed by atoms with van der Waals surface area (Å²) in [6, 6.07) is 8.58. The van der Waals surface area contributed by atoms with Gasteiger partial charge < -0.3 is 5.32 Å². The Morgan fingerprint density at radius 2 is 2.25 bits per heavy atom. The normalized spacial score (nSPS) is 23.1. The third-order valence-electron chi connectivity index (χ3n) is 4.01. The lowest BCUT2D eigenvalue weighted by atomic mass is 9.92. The Balaban J connectivity index is 2.00. The number of benzene rings is 1. The fourth-order valence-corrected chi connectivity index (χ4v) is 5.89. The molecule has 1 aliphatic rings. The van der Waals surface area contributed by atoms with Crippen LogP contribution in [-0.2, 0) is 9.84 Å². The minimum Gasteiger partial charge on any atom is -0.310 e. The van der Waals surface area contributed by atoms with Crippen LogP contribution in [0.2, 0.25) is 0 Å². The molecular formula is C15H19NO2S2. The Morgan fingerprint density at radius 1 is 1.40 bits per heavy atom. The van der Waals surface area contributed by atoms with Gasteiger partial charge in [0.15, 0.2) is 9.84 Å². The quantitative estimate of drug-likeness (QED) is 0.944. The molecule has 0 radical (unpaired) electrons. The van der Waals surface area contributed by atoms with Crippen molar-refractivity contribution in [3.05, 3.63) is 35.2 Å². The highest BCUT2D eigenvalue weighted by Crippen LogP contribution is 2.36. The lowest BCUT2D eigenvalue weighted by molar-refractivity contribution is 0.403. The van der Waals surface area contributed by atoms with E-state index in [0.29, 0.717) is 11.5 Å². The predicted molar refractivity (Wildman–Crippen MR) is 85.0 cm³/mol. The number of hydrogen-bond acceptors (Lipinski definition) is 4. The van der Waals surface area contributed by atoms with Gasteiger partial charge >= 0.3 is 0 Å². The average molecular weight is 309 g/mol. The Hall–Kier alpha value is -0.910. The zero-order valence-corrected chi connectivity index (χ0v) is 13.1. The molecular weight excluding hydrogens is 290 g/mol. The molecule has 2 unspecified atom stereocenters. The van der Waals surface area contributed by atoms with Crippen molar-refractivity contribution < 1.29 is 8.42 Å². The van der Waals surface area contributed by atoms with Crippen molar-refractivity contribution in [2.45, 2.75) is 19.4 Å². The number of fused-ring (bicyclic) bond motifs is 1. The molecule has 20 heavy (non-hydrogen) atoms. The summed E-state index contributed by atoms with van der Waals surface area (Å²) >= 11 is 1.74. The number of rotatable bonds is 4. The average Bonchev–Trinajstić information content (AvgIpc) is 3.01. The molecule has 0 amide bonds. The van der Waals surface area contributed by atoms with Crippen molar-refractivity contribution in [2.24, 2.45) is 5.92 Å². The van der Waals surface area contributed by atoms with Gasteiger partial charge in [-0.25, -0.2) is 8.42 Å². The van der Waals surface area contributed by atoms with Crippen molar-refractivity contribution in [3.8, 4) is 0 Å². The minimum atomic E-state index is -2.84. The first-order valence-corrected chi connectivity index (χ1v) is 9.71. The molecule has 1 saturated heterocycles. The van der Waals surface area contributed by atoms with Gasteiger partial charge in [-0.1, -0.05) is 25.1 Å². The molecule has 2 heterocycles. The van der Waals surface area contributed by atoms with E-state index in [0.717, 1.165) is 13.0 Å². The first kappa shape index (κ1) is 14.0. The molecule has 0 spiro atoms. The smallest absolute Gasteiger partial charge is 0.150 e. The molecule has 5 heteroatoms. The molecule has 0 saturated carbocycles. The molecule has 1 fully saturated rings. The number of hydrogen-bond donors (Lipinski definition) is 1. The summed E-state index contributed by atoms with van der Waals surface area (Å²) in [5.41, 5.74) is 1.25. The molecule has 2 atom stereocenters. The summed E-state index contributed by atoms with van der Waals surface area (Å²) in [7, 11) is -2.84. The van der Waals surface area contributed by atoms with Gasteiger partial charge in [0.25, 0.3) is 0 Å². The van der Waals surface area contributed by atoms with Crippen molar-refractivity contribution in [2.75, 3.05) is 18.1 Å². The lowest BCUT2D eigenvalue weighted by Gasteiger charge is -2.24. The first-order valence-electron chi connectivity index (χ1n) is 7.00. The molecule has 1 aliphatic heterocycles. The van der Waals surface area contributed by atoms with E-state index >= 15 is 0 Å². The van der Waals surface area contributed by atoms with E-state index < -0.39 is 9.84 Å². The van der Waals surface area contributed by atoms with E-state index in [1.807, 2.05) is 0 Å². The monoisotopic (exact) mass is 309 g/mol. The molecule has 0 bridgehead atoms. The largest absolute Gasteiger partial charge is 0.310 e. The Bertz CT molecular complexity index is 705. The van der Waals surface area contributed by atoms with E-state index in [1.165, 1.54) is 15.6 Å². The SMILES string of the molecule is CCNC(c1cccc2ccsc12)C1CCS(=O)(=O)C1. The number of sulfone groups is 1. The van der Waals surface area contributed by atoms with Crippen LogP contribution in [0.25, 0.3) is 10.1 Å². The maximum atomic E-state index is 11.8. The molecule has 2 aromatic rings.